The second-order valence-electron chi connectivity index (χ2n) is 16.1. The molecular formula is C45H55ClFN7O7. The summed E-state index contributed by atoms with van der Waals surface area (Å²) in [5.74, 6) is -3.71. The number of nitrogens with one attached hydrogen (secondary N) is 6. The van der Waals surface area contributed by atoms with Gasteiger partial charge in [-0.2, -0.15) is 0 Å². The van der Waals surface area contributed by atoms with Gasteiger partial charge in [-0.1, -0.05) is 66.9 Å². The van der Waals surface area contributed by atoms with Crippen LogP contribution in [0.25, 0.3) is 0 Å². The molecule has 0 unspecified atom stereocenters. The van der Waals surface area contributed by atoms with Crippen LogP contribution in [0.2, 0.25) is 5.02 Å². The van der Waals surface area contributed by atoms with Gasteiger partial charge < -0.3 is 37.6 Å². The summed E-state index contributed by atoms with van der Waals surface area (Å²) < 4.78 is 13.5. The molecule has 3 aromatic rings. The number of rotatable bonds is 12. The Kier molecular flexibility index (Phi) is 17.2. The van der Waals surface area contributed by atoms with Crippen LogP contribution >= 0.6 is 11.6 Å². The number of halogens is 2. The number of anilines is 1. The lowest BCUT2D eigenvalue weighted by atomic mass is 9.78. The smallest absolute Gasteiger partial charge is 0.247 e. The zero-order valence-corrected chi connectivity index (χ0v) is 34.9. The van der Waals surface area contributed by atoms with Gasteiger partial charge in [0.2, 0.25) is 41.4 Å². The third-order valence-electron chi connectivity index (χ3n) is 11.1. The molecule has 16 heteroatoms. The maximum atomic E-state index is 14.0. The fraction of sp³-hybridized carbons (Fsp3) is 0.444. The molecule has 0 aromatic heterocycles. The Morgan fingerprint density at radius 1 is 0.770 bits per heavy atom. The van der Waals surface area contributed by atoms with E-state index >= 15 is 0 Å². The van der Waals surface area contributed by atoms with E-state index in [4.69, 9.17) is 17.3 Å². The minimum absolute atomic E-state index is 0.00197. The molecule has 3 aromatic carbocycles. The molecule has 5 rings (SSSR count). The molecule has 1 heterocycles. The quantitative estimate of drug-likeness (QED) is 0.142. The van der Waals surface area contributed by atoms with Gasteiger partial charge >= 0.3 is 0 Å². The summed E-state index contributed by atoms with van der Waals surface area (Å²) in [6.07, 6.45) is 5.31. The second kappa shape index (κ2) is 22.7. The van der Waals surface area contributed by atoms with E-state index in [-0.39, 0.29) is 50.9 Å². The van der Waals surface area contributed by atoms with Crippen molar-refractivity contribution >= 4 is 58.6 Å². The lowest BCUT2D eigenvalue weighted by Crippen LogP contribution is -2.55. The monoisotopic (exact) mass is 859 g/mol. The van der Waals surface area contributed by atoms with E-state index in [1.165, 1.54) is 24.3 Å². The van der Waals surface area contributed by atoms with E-state index in [1.807, 2.05) is 0 Å². The van der Waals surface area contributed by atoms with E-state index in [1.54, 1.807) is 48.5 Å². The van der Waals surface area contributed by atoms with Gasteiger partial charge in [0.25, 0.3) is 0 Å². The summed E-state index contributed by atoms with van der Waals surface area (Å²) in [6.45, 7) is 0.806. The van der Waals surface area contributed by atoms with Crippen molar-refractivity contribution in [1.82, 2.24) is 26.6 Å². The van der Waals surface area contributed by atoms with Gasteiger partial charge in [0.05, 0.1) is 6.42 Å². The highest BCUT2D eigenvalue weighted by atomic mass is 35.5. The minimum atomic E-state index is -1.15. The predicted molar refractivity (Wildman–Crippen MR) is 228 cm³/mol. The summed E-state index contributed by atoms with van der Waals surface area (Å²) in [5, 5.41) is 17.4. The number of nitrogens with two attached hydrogens (primary N) is 1. The second-order valence-corrected chi connectivity index (χ2v) is 16.5. The van der Waals surface area contributed by atoms with Crippen molar-refractivity contribution in [2.24, 2.45) is 11.1 Å². The van der Waals surface area contributed by atoms with Gasteiger partial charge in [-0.3, -0.25) is 33.6 Å². The van der Waals surface area contributed by atoms with Gasteiger partial charge in [0, 0.05) is 55.9 Å². The topological polar surface area (TPSA) is 218 Å². The van der Waals surface area contributed by atoms with Crippen LogP contribution in [0.1, 0.15) is 87.3 Å². The summed E-state index contributed by atoms with van der Waals surface area (Å²) in [5.41, 5.74) is 7.04. The number of carbonyl (C=O) groups is 7. The Balaban J connectivity index is 1.33. The van der Waals surface area contributed by atoms with Crippen molar-refractivity contribution in [3.63, 3.8) is 0 Å². The number of carbonyl (C=O) groups excluding carboxylic acids is 7. The lowest BCUT2D eigenvalue weighted by molar-refractivity contribution is -0.133. The highest BCUT2D eigenvalue weighted by Gasteiger charge is 2.39. The third-order valence-corrected chi connectivity index (χ3v) is 11.5. The molecule has 1 saturated carbocycles. The molecule has 61 heavy (non-hydrogen) atoms. The molecule has 7 amide bonds. The summed E-state index contributed by atoms with van der Waals surface area (Å²) in [7, 11) is 0. The average molecular weight is 860 g/mol. The first-order chi connectivity index (χ1) is 29.3. The molecule has 0 bridgehead atoms. The van der Waals surface area contributed by atoms with E-state index in [0.717, 1.165) is 19.3 Å². The maximum absolute atomic E-state index is 14.0. The Labute approximate surface area is 360 Å². The van der Waals surface area contributed by atoms with Crippen LogP contribution in [-0.2, 0) is 52.8 Å². The normalized spacial score (nSPS) is 19.6. The maximum Gasteiger partial charge on any atom is 0.247 e. The van der Waals surface area contributed by atoms with Crippen molar-refractivity contribution in [2.45, 2.75) is 108 Å². The predicted octanol–water partition coefficient (Wildman–Crippen LogP) is 3.92. The van der Waals surface area contributed by atoms with Crippen LogP contribution in [0, 0.1) is 11.2 Å². The highest BCUT2D eigenvalue weighted by Crippen LogP contribution is 2.44. The van der Waals surface area contributed by atoms with E-state index in [0.29, 0.717) is 66.2 Å². The van der Waals surface area contributed by atoms with Crippen LogP contribution in [0.4, 0.5) is 10.1 Å². The number of primary amides is 1. The summed E-state index contributed by atoms with van der Waals surface area (Å²) in [6, 6.07) is 15.8. The first-order valence-electron chi connectivity index (χ1n) is 20.9. The molecular weight excluding hydrogens is 805 g/mol. The molecule has 1 spiro atoms. The summed E-state index contributed by atoms with van der Waals surface area (Å²) in [4.78, 5) is 92.5. The molecule has 1 aliphatic heterocycles. The van der Waals surface area contributed by atoms with Crippen LogP contribution in [-0.4, -0.2) is 72.6 Å². The van der Waals surface area contributed by atoms with Crippen LogP contribution < -0.4 is 37.6 Å². The Morgan fingerprint density at radius 3 is 2.11 bits per heavy atom. The third kappa shape index (κ3) is 15.0. The van der Waals surface area contributed by atoms with Gasteiger partial charge in [-0.05, 0) is 91.0 Å². The van der Waals surface area contributed by atoms with E-state index in [9.17, 15) is 38.0 Å². The average Bonchev–Trinajstić information content (AvgIpc) is 3.67. The van der Waals surface area contributed by atoms with Gasteiger partial charge in [-0.15, -0.1) is 0 Å². The Hall–Kier alpha value is -5.83. The molecule has 2 aliphatic rings. The minimum Gasteiger partial charge on any atom is -0.370 e. The zero-order valence-electron chi connectivity index (χ0n) is 34.2. The molecule has 3 atom stereocenters. The largest absolute Gasteiger partial charge is 0.370 e. The fourth-order valence-corrected chi connectivity index (χ4v) is 8.08. The van der Waals surface area contributed by atoms with Gasteiger partial charge in [0.1, 0.15) is 23.9 Å². The molecule has 8 N–H and O–H groups in total. The van der Waals surface area contributed by atoms with E-state index < -0.39 is 64.8 Å². The molecule has 1 aliphatic carbocycles. The first kappa shape index (κ1) is 46.2. The standard InChI is InChI=1S/C45H55ClFN7O7/c46-34-9-3-2-8-31(34)26-37(52-39(56)25-30-10-14-32(47)15-11-30)43(60)51-33-16-12-29(13-17-33)24-36-44(61)54-35(18-19-38(48)55)42(59)50-23-7-1-6-22-49-40(57)27-45(20-4-5-21-45)28-41(58)53-36/h2-3,8-17,35-37H,1,4-7,18-28H2,(H2,48,55)(H,49,57)(H,50,59)(H,51,60)(H,52,56)(H,53,58)(H,54,61)/t35-,36-,37+/m1/s1. The summed E-state index contributed by atoms with van der Waals surface area (Å²) >= 11 is 6.41. The highest BCUT2D eigenvalue weighted by molar-refractivity contribution is 6.31. The van der Waals surface area contributed by atoms with Crippen molar-refractivity contribution < 1.29 is 38.0 Å². The van der Waals surface area contributed by atoms with Crippen molar-refractivity contribution in [3.05, 3.63) is 100 Å². The van der Waals surface area contributed by atoms with Crippen LogP contribution in [0.15, 0.2) is 72.8 Å². The van der Waals surface area contributed by atoms with Crippen molar-refractivity contribution in [2.75, 3.05) is 18.4 Å². The SMILES string of the molecule is NC(=O)CC[C@H]1NC(=O)[C@@H](Cc2ccc(NC(=O)[C@H](Cc3ccccc3Cl)NC(=O)Cc3ccc(F)cc3)cc2)NC(=O)CC2(CCCC2)CC(=O)NCCCCCNC1=O. The number of hydrogen-bond donors (Lipinski definition) is 7. The molecule has 0 radical (unpaired) electrons. The lowest BCUT2D eigenvalue weighted by Gasteiger charge is -2.29. The fourth-order valence-electron chi connectivity index (χ4n) is 7.87. The molecule has 1 saturated heterocycles. The number of amides is 7. The molecule has 2 fully saturated rings. The van der Waals surface area contributed by atoms with Crippen LogP contribution in [0.5, 0.6) is 0 Å². The Morgan fingerprint density at radius 2 is 1.43 bits per heavy atom. The van der Waals surface area contributed by atoms with Crippen molar-refractivity contribution in [3.8, 4) is 0 Å². The van der Waals surface area contributed by atoms with E-state index in [2.05, 4.69) is 31.9 Å². The molecule has 14 nitrogen and oxygen atoms in total. The van der Waals surface area contributed by atoms with Crippen LogP contribution in [0.3, 0.4) is 0 Å². The van der Waals surface area contributed by atoms with Gasteiger partial charge in [0.15, 0.2) is 0 Å². The number of hydrogen-bond acceptors (Lipinski definition) is 7. The zero-order chi connectivity index (χ0) is 43.8. The Bertz CT molecular complexity index is 2030. The molecule has 326 valence electrons. The van der Waals surface area contributed by atoms with Crippen molar-refractivity contribution in [1.29, 1.82) is 0 Å². The number of benzene rings is 3. The first-order valence-corrected chi connectivity index (χ1v) is 21.2. The van der Waals surface area contributed by atoms with Gasteiger partial charge in [-0.25, -0.2) is 4.39 Å².